The average Bonchev–Trinajstić information content (AvgIpc) is 3.34. The largest absolute Gasteiger partial charge is 0.484 e. The summed E-state index contributed by atoms with van der Waals surface area (Å²) in [5, 5.41) is 6.61. The van der Waals surface area contributed by atoms with Gasteiger partial charge < -0.3 is 14.6 Å². The molecule has 1 N–H and O–H groups in total. The molecule has 2 aromatic heterocycles. The van der Waals surface area contributed by atoms with Crippen molar-refractivity contribution in [3.63, 3.8) is 0 Å². The summed E-state index contributed by atoms with van der Waals surface area (Å²) < 4.78 is 10.7. The molecule has 26 heavy (non-hydrogen) atoms. The van der Waals surface area contributed by atoms with E-state index >= 15 is 0 Å². The second kappa shape index (κ2) is 7.35. The van der Waals surface area contributed by atoms with Gasteiger partial charge in [-0.15, -0.1) is 0 Å². The Bertz CT molecular complexity index is 908. The number of aryl methyl sites for hydroxylation is 2. The van der Waals surface area contributed by atoms with Gasteiger partial charge in [0.1, 0.15) is 5.75 Å². The van der Waals surface area contributed by atoms with E-state index in [1.165, 1.54) is 17.5 Å². The molecule has 0 fully saturated rings. The summed E-state index contributed by atoms with van der Waals surface area (Å²) in [6.07, 6.45) is 6.70. The zero-order chi connectivity index (χ0) is 17.8. The minimum Gasteiger partial charge on any atom is -0.484 e. The first-order valence-electron chi connectivity index (χ1n) is 8.52. The Hall–Kier alpha value is -3.22. The predicted octanol–water partition coefficient (Wildman–Crippen LogP) is 2.32. The number of carbonyl (C=O) groups excluding carboxylic acids is 1. The molecule has 2 heterocycles. The highest BCUT2D eigenvalue weighted by Crippen LogP contribution is 2.25. The second-order valence-corrected chi connectivity index (χ2v) is 6.10. The zero-order valence-electron chi connectivity index (χ0n) is 14.1. The molecule has 7 nitrogen and oxygen atoms in total. The highest BCUT2D eigenvalue weighted by molar-refractivity contribution is 5.77. The lowest BCUT2D eigenvalue weighted by molar-refractivity contribution is -0.123. The van der Waals surface area contributed by atoms with E-state index in [1.54, 1.807) is 24.5 Å². The molecule has 0 aliphatic heterocycles. The van der Waals surface area contributed by atoms with Crippen molar-refractivity contribution in [1.82, 2.24) is 20.4 Å². The first-order valence-corrected chi connectivity index (χ1v) is 8.52. The van der Waals surface area contributed by atoms with Crippen LogP contribution in [0.5, 0.6) is 5.75 Å². The molecule has 1 aliphatic rings. The van der Waals surface area contributed by atoms with E-state index in [0.717, 1.165) is 24.2 Å². The molecular weight excluding hydrogens is 332 g/mol. The maximum atomic E-state index is 12.0. The van der Waals surface area contributed by atoms with Gasteiger partial charge >= 0.3 is 0 Å². The van der Waals surface area contributed by atoms with Crippen LogP contribution in [0.15, 0.2) is 47.2 Å². The Morgan fingerprint density at radius 2 is 2.00 bits per heavy atom. The Morgan fingerprint density at radius 3 is 2.88 bits per heavy atom. The number of aromatic nitrogens is 3. The van der Waals surface area contributed by atoms with Crippen LogP contribution in [0, 0.1) is 0 Å². The number of amides is 1. The van der Waals surface area contributed by atoms with Crippen LogP contribution in [-0.2, 0) is 24.2 Å². The van der Waals surface area contributed by atoms with E-state index in [-0.39, 0.29) is 19.1 Å². The Labute approximate surface area is 150 Å². The standard InChI is InChI=1S/C19H18N4O3/c24-17(12-25-16-5-4-13-2-1-3-15(13)10-16)21-11-18-22-19(23-26-18)14-6-8-20-9-7-14/h4-10H,1-3,11-12H2,(H,21,24). The Morgan fingerprint density at radius 1 is 1.15 bits per heavy atom. The van der Waals surface area contributed by atoms with Crippen molar-refractivity contribution in [1.29, 1.82) is 0 Å². The van der Waals surface area contributed by atoms with Crippen LogP contribution < -0.4 is 10.1 Å². The molecule has 3 aromatic rings. The van der Waals surface area contributed by atoms with E-state index in [2.05, 4.69) is 26.5 Å². The zero-order valence-corrected chi connectivity index (χ0v) is 14.1. The number of hydrogen-bond donors (Lipinski definition) is 1. The van der Waals surface area contributed by atoms with Crippen molar-refractivity contribution < 1.29 is 14.1 Å². The van der Waals surface area contributed by atoms with Crippen molar-refractivity contribution in [3.05, 3.63) is 59.7 Å². The van der Waals surface area contributed by atoms with Gasteiger partial charge in [-0.2, -0.15) is 4.98 Å². The Kier molecular flexibility index (Phi) is 4.59. The van der Waals surface area contributed by atoms with Crippen molar-refractivity contribution in [2.75, 3.05) is 6.61 Å². The van der Waals surface area contributed by atoms with Gasteiger partial charge in [0.2, 0.25) is 11.7 Å². The molecule has 0 saturated carbocycles. The molecule has 7 heteroatoms. The van der Waals surface area contributed by atoms with E-state index in [9.17, 15) is 4.79 Å². The van der Waals surface area contributed by atoms with Gasteiger partial charge in [-0.05, 0) is 54.7 Å². The molecule has 132 valence electrons. The van der Waals surface area contributed by atoms with E-state index < -0.39 is 0 Å². The summed E-state index contributed by atoms with van der Waals surface area (Å²) >= 11 is 0. The minimum atomic E-state index is -0.242. The fourth-order valence-electron chi connectivity index (χ4n) is 2.96. The molecule has 0 unspecified atom stereocenters. The number of fused-ring (bicyclic) bond motifs is 1. The van der Waals surface area contributed by atoms with E-state index in [4.69, 9.17) is 9.26 Å². The quantitative estimate of drug-likeness (QED) is 0.734. The summed E-state index contributed by atoms with van der Waals surface area (Å²) in [6, 6.07) is 9.59. The smallest absolute Gasteiger partial charge is 0.258 e. The summed E-state index contributed by atoms with van der Waals surface area (Å²) in [5.41, 5.74) is 3.50. The molecule has 0 saturated heterocycles. The van der Waals surface area contributed by atoms with Crippen LogP contribution in [0.4, 0.5) is 0 Å². The first kappa shape index (κ1) is 16.3. The van der Waals surface area contributed by atoms with Gasteiger partial charge in [-0.25, -0.2) is 0 Å². The number of pyridine rings is 1. The monoisotopic (exact) mass is 350 g/mol. The highest BCUT2D eigenvalue weighted by Gasteiger charge is 2.13. The minimum absolute atomic E-state index is 0.0515. The van der Waals surface area contributed by atoms with Gasteiger partial charge in [0, 0.05) is 18.0 Å². The summed E-state index contributed by atoms with van der Waals surface area (Å²) in [4.78, 5) is 20.2. The molecule has 0 atom stereocenters. The molecular formula is C19H18N4O3. The number of rotatable bonds is 6. The van der Waals surface area contributed by atoms with Crippen LogP contribution in [-0.4, -0.2) is 27.6 Å². The van der Waals surface area contributed by atoms with E-state index in [1.807, 2.05) is 12.1 Å². The van der Waals surface area contributed by atoms with Crippen LogP contribution in [0.2, 0.25) is 0 Å². The van der Waals surface area contributed by atoms with Crippen LogP contribution >= 0.6 is 0 Å². The number of hydrogen-bond acceptors (Lipinski definition) is 6. The molecule has 0 spiro atoms. The fourth-order valence-corrected chi connectivity index (χ4v) is 2.96. The van der Waals surface area contributed by atoms with Gasteiger partial charge in [0.25, 0.3) is 5.91 Å². The molecule has 1 aliphatic carbocycles. The molecule has 0 radical (unpaired) electrons. The lowest BCUT2D eigenvalue weighted by atomic mass is 10.1. The summed E-state index contributed by atoms with van der Waals surface area (Å²) in [7, 11) is 0. The van der Waals surface area contributed by atoms with Crippen LogP contribution in [0.3, 0.4) is 0 Å². The maximum Gasteiger partial charge on any atom is 0.258 e. The van der Waals surface area contributed by atoms with Crippen molar-refractivity contribution in [3.8, 4) is 17.1 Å². The SMILES string of the molecule is O=C(COc1ccc2c(c1)CCC2)NCc1nc(-c2ccncc2)no1. The first-order chi connectivity index (χ1) is 12.8. The lowest BCUT2D eigenvalue weighted by Crippen LogP contribution is -2.28. The molecule has 1 aromatic carbocycles. The van der Waals surface area contributed by atoms with Crippen LogP contribution in [0.25, 0.3) is 11.4 Å². The number of ether oxygens (including phenoxy) is 1. The molecule has 0 bridgehead atoms. The van der Waals surface area contributed by atoms with Crippen molar-refractivity contribution in [2.45, 2.75) is 25.8 Å². The maximum absolute atomic E-state index is 12.0. The summed E-state index contributed by atoms with van der Waals surface area (Å²) in [6.45, 7) is 0.106. The summed E-state index contributed by atoms with van der Waals surface area (Å²) in [5.74, 6) is 1.28. The fraction of sp³-hybridized carbons (Fsp3) is 0.263. The van der Waals surface area contributed by atoms with Gasteiger partial charge in [-0.1, -0.05) is 11.2 Å². The number of carbonyl (C=O) groups is 1. The van der Waals surface area contributed by atoms with Gasteiger partial charge in [-0.3, -0.25) is 9.78 Å². The van der Waals surface area contributed by atoms with E-state index in [0.29, 0.717) is 11.7 Å². The highest BCUT2D eigenvalue weighted by atomic mass is 16.5. The third-order valence-electron chi connectivity index (χ3n) is 4.28. The van der Waals surface area contributed by atoms with Gasteiger partial charge in [0.05, 0.1) is 6.54 Å². The van der Waals surface area contributed by atoms with Crippen molar-refractivity contribution in [2.24, 2.45) is 0 Å². The number of nitrogens with one attached hydrogen (secondary N) is 1. The number of nitrogens with zero attached hydrogens (tertiary/aromatic N) is 3. The Balaban J connectivity index is 1.27. The van der Waals surface area contributed by atoms with Crippen molar-refractivity contribution >= 4 is 5.91 Å². The second-order valence-electron chi connectivity index (χ2n) is 6.10. The molecule has 4 rings (SSSR count). The third-order valence-corrected chi connectivity index (χ3v) is 4.28. The lowest BCUT2D eigenvalue weighted by Gasteiger charge is -2.08. The number of benzene rings is 1. The predicted molar refractivity (Wildman–Crippen MR) is 93.3 cm³/mol. The normalized spacial score (nSPS) is 12.6. The van der Waals surface area contributed by atoms with Gasteiger partial charge in [0.15, 0.2) is 6.61 Å². The average molecular weight is 350 g/mol. The third kappa shape index (κ3) is 3.72. The van der Waals surface area contributed by atoms with Crippen LogP contribution in [0.1, 0.15) is 23.4 Å². The topological polar surface area (TPSA) is 90.1 Å². The molecule has 1 amide bonds.